The number of alkyl halides is 2. The number of allylic oxidation sites excluding steroid dienone is 1. The zero-order valence-corrected chi connectivity index (χ0v) is 6.37. The Morgan fingerprint density at radius 1 is 1.40 bits per heavy atom. The maximum absolute atomic E-state index is 12.2. The largest absolute Gasteiger partial charge is 0.250 e. The summed E-state index contributed by atoms with van der Waals surface area (Å²) in [6.45, 7) is 4.07. The minimum absolute atomic E-state index is 0.427. The Bertz CT molecular complexity index is 87.2. The molecule has 0 amide bonds. The molecular weight excluding hydrogens is 134 g/mol. The van der Waals surface area contributed by atoms with Gasteiger partial charge in [-0.3, -0.25) is 8.78 Å². The molecule has 0 aromatic heterocycles. The van der Waals surface area contributed by atoms with E-state index in [4.69, 9.17) is 0 Å². The van der Waals surface area contributed by atoms with Crippen LogP contribution in [0, 0.1) is 5.41 Å². The molecule has 60 valence electrons. The molecule has 0 N–H and O–H groups in total. The SMILES string of the molecule is C=CCC(CC)(CF)CF. The molecule has 0 radical (unpaired) electrons. The van der Waals surface area contributed by atoms with Crippen LogP contribution in [0.2, 0.25) is 0 Å². The molecule has 0 rings (SSSR count). The van der Waals surface area contributed by atoms with Gasteiger partial charge in [-0.15, -0.1) is 6.58 Å². The van der Waals surface area contributed by atoms with Gasteiger partial charge in [0, 0.05) is 5.41 Å². The first-order chi connectivity index (χ1) is 4.74. The highest BCUT2D eigenvalue weighted by Crippen LogP contribution is 2.27. The molecule has 0 unspecified atom stereocenters. The number of hydrogen-bond acceptors (Lipinski definition) is 0. The van der Waals surface area contributed by atoms with Gasteiger partial charge in [-0.2, -0.15) is 0 Å². The van der Waals surface area contributed by atoms with Gasteiger partial charge in [0.1, 0.15) is 0 Å². The van der Waals surface area contributed by atoms with Crippen molar-refractivity contribution in [2.45, 2.75) is 19.8 Å². The van der Waals surface area contributed by atoms with Crippen molar-refractivity contribution in [3.05, 3.63) is 12.7 Å². The Kier molecular flexibility index (Phi) is 4.24. The molecule has 0 aliphatic carbocycles. The van der Waals surface area contributed by atoms with Crippen LogP contribution in [0.5, 0.6) is 0 Å². The normalized spacial score (nSPS) is 11.5. The molecule has 0 nitrogen and oxygen atoms in total. The predicted octanol–water partition coefficient (Wildman–Crippen LogP) is 2.90. The Morgan fingerprint density at radius 3 is 2.00 bits per heavy atom. The molecule has 0 bridgehead atoms. The first kappa shape index (κ1) is 9.60. The molecule has 0 aromatic carbocycles. The highest BCUT2D eigenvalue weighted by Gasteiger charge is 2.26. The van der Waals surface area contributed by atoms with E-state index in [9.17, 15) is 8.78 Å². The third-order valence-corrected chi connectivity index (χ3v) is 1.89. The van der Waals surface area contributed by atoms with Crippen LogP contribution in [-0.4, -0.2) is 13.3 Å². The molecular formula is C8H14F2. The average molecular weight is 148 g/mol. The summed E-state index contributed by atoms with van der Waals surface area (Å²) in [6.07, 6.45) is 2.53. The summed E-state index contributed by atoms with van der Waals surface area (Å²) in [5, 5.41) is 0. The van der Waals surface area contributed by atoms with E-state index in [2.05, 4.69) is 6.58 Å². The molecule has 0 saturated heterocycles. The molecule has 0 aliphatic rings. The molecule has 0 aromatic rings. The minimum atomic E-state index is -0.776. The van der Waals surface area contributed by atoms with Gasteiger partial charge < -0.3 is 0 Å². The van der Waals surface area contributed by atoms with Crippen molar-refractivity contribution >= 4 is 0 Å². The first-order valence-electron chi connectivity index (χ1n) is 3.47. The van der Waals surface area contributed by atoms with Crippen molar-refractivity contribution in [2.24, 2.45) is 5.41 Å². The van der Waals surface area contributed by atoms with E-state index in [-0.39, 0.29) is 0 Å². The smallest absolute Gasteiger partial charge is 0.0978 e. The Hall–Kier alpha value is -0.400. The third kappa shape index (κ3) is 2.09. The van der Waals surface area contributed by atoms with Crippen LogP contribution in [0.4, 0.5) is 8.78 Å². The fourth-order valence-corrected chi connectivity index (χ4v) is 0.784. The lowest BCUT2D eigenvalue weighted by atomic mass is 9.85. The molecule has 10 heavy (non-hydrogen) atoms. The van der Waals surface area contributed by atoms with Crippen LogP contribution in [-0.2, 0) is 0 Å². The third-order valence-electron chi connectivity index (χ3n) is 1.89. The Labute approximate surface area is 60.9 Å². The average Bonchev–Trinajstić information content (AvgIpc) is 2.01. The van der Waals surface area contributed by atoms with E-state index in [1.807, 2.05) is 0 Å². The first-order valence-corrected chi connectivity index (χ1v) is 3.47. The van der Waals surface area contributed by atoms with Gasteiger partial charge in [0.25, 0.3) is 0 Å². The second-order valence-electron chi connectivity index (χ2n) is 2.61. The number of hydrogen-bond donors (Lipinski definition) is 0. The number of rotatable bonds is 5. The van der Waals surface area contributed by atoms with Gasteiger partial charge in [0.05, 0.1) is 13.3 Å². The van der Waals surface area contributed by atoms with Crippen molar-refractivity contribution in [2.75, 3.05) is 13.3 Å². The summed E-state index contributed by atoms with van der Waals surface area (Å²) >= 11 is 0. The van der Waals surface area contributed by atoms with Crippen molar-refractivity contribution < 1.29 is 8.78 Å². The Morgan fingerprint density at radius 2 is 1.90 bits per heavy atom. The summed E-state index contributed by atoms with van der Waals surface area (Å²) in [6, 6.07) is 0. The van der Waals surface area contributed by atoms with Gasteiger partial charge in [-0.25, -0.2) is 0 Å². The van der Waals surface area contributed by atoms with Gasteiger partial charge in [-0.05, 0) is 12.8 Å². The van der Waals surface area contributed by atoms with E-state index in [0.29, 0.717) is 12.8 Å². The molecule has 2 heteroatoms. The Balaban J connectivity index is 4.00. The van der Waals surface area contributed by atoms with Crippen molar-refractivity contribution in [1.29, 1.82) is 0 Å². The van der Waals surface area contributed by atoms with Crippen LogP contribution in [0.25, 0.3) is 0 Å². The summed E-state index contributed by atoms with van der Waals surface area (Å²) < 4.78 is 24.4. The predicted molar refractivity (Wildman–Crippen MR) is 39.5 cm³/mol. The lowest BCUT2D eigenvalue weighted by Crippen LogP contribution is -2.24. The van der Waals surface area contributed by atoms with Crippen LogP contribution in [0.1, 0.15) is 19.8 Å². The van der Waals surface area contributed by atoms with Crippen molar-refractivity contribution in [1.82, 2.24) is 0 Å². The van der Waals surface area contributed by atoms with E-state index in [1.165, 1.54) is 0 Å². The minimum Gasteiger partial charge on any atom is -0.250 e. The monoisotopic (exact) mass is 148 g/mol. The van der Waals surface area contributed by atoms with E-state index in [1.54, 1.807) is 13.0 Å². The maximum Gasteiger partial charge on any atom is 0.0978 e. The van der Waals surface area contributed by atoms with E-state index in [0.717, 1.165) is 0 Å². The van der Waals surface area contributed by atoms with Gasteiger partial charge in [0.15, 0.2) is 0 Å². The zero-order valence-electron chi connectivity index (χ0n) is 6.37. The standard InChI is InChI=1S/C8H14F2/c1-3-5-8(4-2,6-9)7-10/h3H,1,4-7H2,2H3. The second-order valence-corrected chi connectivity index (χ2v) is 2.61. The van der Waals surface area contributed by atoms with Crippen molar-refractivity contribution in [3.63, 3.8) is 0 Å². The van der Waals surface area contributed by atoms with E-state index >= 15 is 0 Å². The molecule has 0 spiro atoms. The lowest BCUT2D eigenvalue weighted by molar-refractivity contribution is 0.149. The maximum atomic E-state index is 12.2. The fraction of sp³-hybridized carbons (Fsp3) is 0.750. The van der Waals surface area contributed by atoms with Gasteiger partial charge in [-0.1, -0.05) is 13.0 Å². The van der Waals surface area contributed by atoms with Crippen LogP contribution in [0.15, 0.2) is 12.7 Å². The topological polar surface area (TPSA) is 0 Å². The lowest BCUT2D eigenvalue weighted by Gasteiger charge is -2.23. The molecule has 0 atom stereocenters. The van der Waals surface area contributed by atoms with Crippen LogP contribution < -0.4 is 0 Å². The quantitative estimate of drug-likeness (QED) is 0.526. The van der Waals surface area contributed by atoms with Gasteiger partial charge >= 0.3 is 0 Å². The highest BCUT2D eigenvalue weighted by atomic mass is 19.1. The molecule has 0 aliphatic heterocycles. The van der Waals surface area contributed by atoms with Gasteiger partial charge in [0.2, 0.25) is 0 Å². The molecule has 0 saturated carbocycles. The fourth-order valence-electron chi connectivity index (χ4n) is 0.784. The van der Waals surface area contributed by atoms with Crippen molar-refractivity contribution in [3.8, 4) is 0 Å². The zero-order chi connectivity index (χ0) is 8.04. The second kappa shape index (κ2) is 4.42. The summed E-state index contributed by atoms with van der Waals surface area (Å²) in [7, 11) is 0. The highest BCUT2D eigenvalue weighted by molar-refractivity contribution is 4.84. The molecule has 0 fully saturated rings. The number of halogens is 2. The molecule has 0 heterocycles. The summed E-state index contributed by atoms with van der Waals surface area (Å²) in [4.78, 5) is 0. The van der Waals surface area contributed by atoms with Crippen LogP contribution >= 0.6 is 0 Å². The van der Waals surface area contributed by atoms with E-state index < -0.39 is 18.8 Å². The van der Waals surface area contributed by atoms with Crippen LogP contribution in [0.3, 0.4) is 0 Å². The summed E-state index contributed by atoms with van der Waals surface area (Å²) in [5.41, 5.74) is -0.776. The summed E-state index contributed by atoms with van der Waals surface area (Å²) in [5.74, 6) is 0.